The third kappa shape index (κ3) is 2.44. The Kier molecular flexibility index (Phi) is 3.38. The largest absolute Gasteiger partial charge is 0.369 e. The third-order valence-corrected chi connectivity index (χ3v) is 3.13. The monoisotopic (exact) mass is 250 g/mol. The lowest BCUT2D eigenvalue weighted by Crippen LogP contribution is -2.21. The normalized spacial score (nSPS) is 12.8. The summed E-state index contributed by atoms with van der Waals surface area (Å²) < 4.78 is 0. The molecule has 1 atom stereocenters. The molecule has 0 radical (unpaired) electrons. The lowest BCUT2D eigenvalue weighted by molar-refractivity contribution is -0.119. The van der Waals surface area contributed by atoms with Crippen molar-refractivity contribution in [2.75, 3.05) is 0 Å². The molecule has 17 heavy (non-hydrogen) atoms. The Bertz CT molecular complexity index is 547. The summed E-state index contributed by atoms with van der Waals surface area (Å²) in [6.07, 6.45) is 1.68. The zero-order chi connectivity index (χ0) is 12.4. The molecule has 1 heterocycles. The van der Waals surface area contributed by atoms with Crippen molar-refractivity contribution in [2.45, 2.75) is 25.7 Å². The number of rotatable bonds is 4. The van der Waals surface area contributed by atoms with Crippen LogP contribution in [0.1, 0.15) is 31.4 Å². The van der Waals surface area contributed by atoms with Crippen LogP contribution in [0.3, 0.4) is 0 Å². The van der Waals surface area contributed by atoms with Crippen LogP contribution in [0.25, 0.3) is 10.9 Å². The number of nitrogens with two attached hydrogens (primary N) is 1. The minimum Gasteiger partial charge on any atom is -0.369 e. The number of aromatic nitrogens is 1. The smallest absolute Gasteiger partial charge is 0.226 e. The van der Waals surface area contributed by atoms with Gasteiger partial charge < -0.3 is 10.7 Å². The molecule has 0 aliphatic rings. The van der Waals surface area contributed by atoms with Crippen LogP contribution in [0, 0.1) is 0 Å². The van der Waals surface area contributed by atoms with Crippen molar-refractivity contribution in [3.05, 3.63) is 35.0 Å². The van der Waals surface area contributed by atoms with Crippen molar-refractivity contribution < 1.29 is 4.79 Å². The Hall–Kier alpha value is -1.48. The Morgan fingerprint density at radius 2 is 2.24 bits per heavy atom. The summed E-state index contributed by atoms with van der Waals surface area (Å²) in [7, 11) is 0. The number of hydrogen-bond acceptors (Lipinski definition) is 1. The Morgan fingerprint density at radius 1 is 1.47 bits per heavy atom. The molecule has 0 fully saturated rings. The van der Waals surface area contributed by atoms with E-state index in [0.717, 1.165) is 29.4 Å². The maximum absolute atomic E-state index is 11.4. The highest BCUT2D eigenvalue weighted by Crippen LogP contribution is 2.26. The Morgan fingerprint density at radius 3 is 2.88 bits per heavy atom. The lowest BCUT2D eigenvalue weighted by atomic mass is 9.99. The van der Waals surface area contributed by atoms with E-state index in [1.165, 1.54) is 0 Å². The van der Waals surface area contributed by atoms with Gasteiger partial charge in [-0.2, -0.15) is 0 Å². The molecule has 0 aliphatic carbocycles. The van der Waals surface area contributed by atoms with E-state index in [1.807, 2.05) is 31.2 Å². The maximum Gasteiger partial charge on any atom is 0.226 e. The number of hydrogen-bond donors (Lipinski definition) is 2. The van der Waals surface area contributed by atoms with E-state index >= 15 is 0 Å². The SMILES string of the molecule is CCCC(C(N)=O)c1cc2cc(Cl)ccc2[nH]1. The van der Waals surface area contributed by atoms with Crippen LogP contribution in [0.15, 0.2) is 24.3 Å². The molecule has 1 unspecified atom stereocenters. The van der Waals surface area contributed by atoms with E-state index in [2.05, 4.69) is 4.98 Å². The topological polar surface area (TPSA) is 58.9 Å². The van der Waals surface area contributed by atoms with Crippen LogP contribution in [-0.2, 0) is 4.79 Å². The summed E-state index contributed by atoms with van der Waals surface area (Å²) in [6.45, 7) is 2.04. The molecule has 1 aromatic heterocycles. The fourth-order valence-electron chi connectivity index (χ4n) is 2.05. The number of carbonyl (C=O) groups excluding carboxylic acids is 1. The van der Waals surface area contributed by atoms with Gasteiger partial charge in [0.15, 0.2) is 0 Å². The number of benzene rings is 1. The summed E-state index contributed by atoms with van der Waals surface area (Å²) in [5.41, 5.74) is 7.27. The molecule has 4 heteroatoms. The highest BCUT2D eigenvalue weighted by molar-refractivity contribution is 6.31. The number of fused-ring (bicyclic) bond motifs is 1. The standard InChI is InChI=1S/C13H15ClN2O/c1-2-3-10(13(15)17)12-7-8-6-9(14)4-5-11(8)16-12/h4-7,10,16H,2-3H2,1H3,(H2,15,17). The highest BCUT2D eigenvalue weighted by Gasteiger charge is 2.18. The molecule has 0 saturated heterocycles. The van der Waals surface area contributed by atoms with Gasteiger partial charge in [0.2, 0.25) is 5.91 Å². The second-order valence-corrected chi connectivity index (χ2v) is 4.64. The van der Waals surface area contributed by atoms with Gasteiger partial charge in [-0.3, -0.25) is 4.79 Å². The molecule has 1 amide bonds. The minimum atomic E-state index is -0.287. The van der Waals surface area contributed by atoms with Crippen molar-refractivity contribution in [3.63, 3.8) is 0 Å². The number of H-pyrrole nitrogens is 1. The highest BCUT2D eigenvalue weighted by atomic mass is 35.5. The average Bonchev–Trinajstić information content (AvgIpc) is 2.67. The second kappa shape index (κ2) is 4.80. The van der Waals surface area contributed by atoms with Crippen LogP contribution >= 0.6 is 11.6 Å². The van der Waals surface area contributed by atoms with Gasteiger partial charge in [-0.15, -0.1) is 0 Å². The molecular weight excluding hydrogens is 236 g/mol. The minimum absolute atomic E-state index is 0.244. The molecule has 0 spiro atoms. The van der Waals surface area contributed by atoms with Crippen LogP contribution in [-0.4, -0.2) is 10.9 Å². The Labute approximate surface area is 105 Å². The van der Waals surface area contributed by atoms with Crippen molar-refractivity contribution >= 4 is 28.4 Å². The first kappa shape index (κ1) is 12.0. The molecule has 3 nitrogen and oxygen atoms in total. The Balaban J connectivity index is 2.43. The van der Waals surface area contributed by atoms with Gasteiger partial charge in [0.1, 0.15) is 0 Å². The van der Waals surface area contributed by atoms with Crippen LogP contribution in [0.2, 0.25) is 5.02 Å². The summed E-state index contributed by atoms with van der Waals surface area (Å²) in [6, 6.07) is 7.56. The number of primary amides is 1. The van der Waals surface area contributed by atoms with Crippen LogP contribution in [0.5, 0.6) is 0 Å². The first-order valence-corrected chi connectivity index (χ1v) is 6.07. The zero-order valence-corrected chi connectivity index (χ0v) is 10.4. The predicted molar refractivity (Wildman–Crippen MR) is 70.2 cm³/mol. The van der Waals surface area contributed by atoms with E-state index in [9.17, 15) is 4.79 Å². The van der Waals surface area contributed by atoms with Gasteiger partial charge in [0.25, 0.3) is 0 Å². The zero-order valence-electron chi connectivity index (χ0n) is 9.66. The molecule has 0 bridgehead atoms. The first-order valence-electron chi connectivity index (χ1n) is 5.69. The van der Waals surface area contributed by atoms with E-state index in [1.54, 1.807) is 0 Å². The molecular formula is C13H15ClN2O. The first-order chi connectivity index (χ1) is 8.11. The molecule has 3 N–H and O–H groups in total. The summed E-state index contributed by atoms with van der Waals surface area (Å²) in [4.78, 5) is 14.6. The van der Waals surface area contributed by atoms with E-state index in [4.69, 9.17) is 17.3 Å². The molecule has 90 valence electrons. The van der Waals surface area contributed by atoms with Gasteiger partial charge in [0.05, 0.1) is 5.92 Å². The van der Waals surface area contributed by atoms with Crippen molar-refractivity contribution in [1.82, 2.24) is 4.98 Å². The van der Waals surface area contributed by atoms with Crippen molar-refractivity contribution in [1.29, 1.82) is 0 Å². The molecule has 2 rings (SSSR count). The number of aromatic amines is 1. The molecule has 2 aromatic rings. The fraction of sp³-hybridized carbons (Fsp3) is 0.308. The van der Waals surface area contributed by atoms with E-state index < -0.39 is 0 Å². The molecule has 0 saturated carbocycles. The summed E-state index contributed by atoms with van der Waals surface area (Å²) in [5.74, 6) is -0.532. The average molecular weight is 251 g/mol. The number of carbonyl (C=O) groups is 1. The quantitative estimate of drug-likeness (QED) is 0.860. The predicted octanol–water partition coefficient (Wildman–Crippen LogP) is 3.19. The fourth-order valence-corrected chi connectivity index (χ4v) is 2.23. The van der Waals surface area contributed by atoms with Gasteiger partial charge in [-0.05, 0) is 30.7 Å². The van der Waals surface area contributed by atoms with Crippen molar-refractivity contribution in [3.8, 4) is 0 Å². The number of halogens is 1. The number of amides is 1. The van der Waals surface area contributed by atoms with Gasteiger partial charge in [-0.1, -0.05) is 24.9 Å². The van der Waals surface area contributed by atoms with E-state index in [0.29, 0.717) is 5.02 Å². The second-order valence-electron chi connectivity index (χ2n) is 4.20. The summed E-state index contributed by atoms with van der Waals surface area (Å²) >= 11 is 5.93. The molecule has 0 aliphatic heterocycles. The number of nitrogens with one attached hydrogen (secondary N) is 1. The van der Waals surface area contributed by atoms with Crippen LogP contribution < -0.4 is 5.73 Å². The maximum atomic E-state index is 11.4. The lowest BCUT2D eigenvalue weighted by Gasteiger charge is -2.09. The van der Waals surface area contributed by atoms with Gasteiger partial charge >= 0.3 is 0 Å². The van der Waals surface area contributed by atoms with Crippen molar-refractivity contribution in [2.24, 2.45) is 5.73 Å². The van der Waals surface area contributed by atoms with Gasteiger partial charge in [-0.25, -0.2) is 0 Å². The van der Waals surface area contributed by atoms with E-state index in [-0.39, 0.29) is 11.8 Å². The third-order valence-electron chi connectivity index (χ3n) is 2.90. The van der Waals surface area contributed by atoms with Crippen LogP contribution in [0.4, 0.5) is 0 Å². The molecule has 1 aromatic carbocycles. The van der Waals surface area contributed by atoms with Gasteiger partial charge in [0, 0.05) is 21.6 Å². The summed E-state index contributed by atoms with van der Waals surface area (Å²) in [5, 5.41) is 1.70.